The maximum atomic E-state index is 12.3. The molecule has 0 radical (unpaired) electrons. The van der Waals surface area contributed by atoms with E-state index in [2.05, 4.69) is 4.72 Å². The van der Waals surface area contributed by atoms with Crippen molar-refractivity contribution in [3.63, 3.8) is 0 Å². The number of carbonyl (C=O) groups excluding carboxylic acids is 1. The largest absolute Gasteiger partial charge is 0.465 e. The number of sulfonamides is 1. The molecule has 1 heterocycles. The summed E-state index contributed by atoms with van der Waals surface area (Å²) >= 11 is 0. The molecule has 1 atom stereocenters. The first-order valence-corrected chi connectivity index (χ1v) is 9.08. The molecule has 0 saturated carbocycles. The van der Waals surface area contributed by atoms with E-state index in [4.69, 9.17) is 9.15 Å². The van der Waals surface area contributed by atoms with Gasteiger partial charge in [0.05, 0.1) is 17.0 Å². The lowest BCUT2D eigenvalue weighted by molar-refractivity contribution is -0.143. The van der Waals surface area contributed by atoms with Crippen molar-refractivity contribution in [3.8, 4) is 0 Å². The Hall–Kier alpha value is -2.13. The quantitative estimate of drug-likeness (QED) is 0.748. The van der Waals surface area contributed by atoms with Crippen LogP contribution in [-0.2, 0) is 26.1 Å². The average Bonchev–Trinajstić information content (AvgIpc) is 2.82. The van der Waals surface area contributed by atoms with Gasteiger partial charge in [0.15, 0.2) is 5.58 Å². The second-order valence-electron chi connectivity index (χ2n) is 5.32. The van der Waals surface area contributed by atoms with Crippen molar-refractivity contribution >= 4 is 27.1 Å². The van der Waals surface area contributed by atoms with Crippen molar-refractivity contribution in [2.75, 3.05) is 6.61 Å². The number of fused-ring (bicyclic) bond motifs is 1. The van der Waals surface area contributed by atoms with Crippen LogP contribution < -0.4 is 10.5 Å². The highest BCUT2D eigenvalue weighted by Gasteiger charge is 2.20. The Balaban J connectivity index is 2.40. The van der Waals surface area contributed by atoms with Crippen LogP contribution in [-0.4, -0.2) is 31.6 Å². The van der Waals surface area contributed by atoms with Gasteiger partial charge in [0, 0.05) is 12.1 Å². The van der Waals surface area contributed by atoms with Crippen molar-refractivity contribution in [3.05, 3.63) is 28.7 Å². The maximum absolute atomic E-state index is 12.3. The Morgan fingerprint density at radius 1 is 1.38 bits per heavy atom. The van der Waals surface area contributed by atoms with Gasteiger partial charge in [-0.3, -0.25) is 9.36 Å². The highest BCUT2D eigenvalue weighted by Crippen LogP contribution is 2.19. The van der Waals surface area contributed by atoms with Gasteiger partial charge in [-0.05, 0) is 32.4 Å². The van der Waals surface area contributed by atoms with E-state index in [0.29, 0.717) is 11.9 Å². The number of benzene rings is 1. The van der Waals surface area contributed by atoms with E-state index in [1.165, 1.54) is 18.2 Å². The van der Waals surface area contributed by atoms with Crippen LogP contribution in [0, 0.1) is 0 Å². The molecule has 1 N–H and O–H groups in total. The van der Waals surface area contributed by atoms with Gasteiger partial charge in [0.25, 0.3) is 0 Å². The number of oxazole rings is 1. The topological polar surface area (TPSA) is 108 Å². The number of carbonyl (C=O) groups is 1. The number of hydrogen-bond acceptors (Lipinski definition) is 6. The molecule has 0 fully saturated rings. The minimum absolute atomic E-state index is 0.00710. The molecular formula is C15H20N2O6S. The molecule has 1 unspecified atom stereocenters. The first-order chi connectivity index (χ1) is 11.3. The summed E-state index contributed by atoms with van der Waals surface area (Å²) in [5.74, 6) is -1.32. The summed E-state index contributed by atoms with van der Waals surface area (Å²) in [6.07, 6.45) is 0.645. The Kier molecular flexibility index (Phi) is 5.45. The lowest BCUT2D eigenvalue weighted by Crippen LogP contribution is -2.31. The zero-order valence-electron chi connectivity index (χ0n) is 13.7. The van der Waals surface area contributed by atoms with E-state index >= 15 is 0 Å². The number of ether oxygens (including phenoxy) is 1. The van der Waals surface area contributed by atoms with Crippen LogP contribution in [0.4, 0.5) is 0 Å². The van der Waals surface area contributed by atoms with Crippen LogP contribution in [0.3, 0.4) is 0 Å². The predicted octanol–water partition coefficient (Wildman–Crippen LogP) is 1.23. The Bertz CT molecular complexity index is 896. The first kappa shape index (κ1) is 18.2. The minimum Gasteiger partial charge on any atom is -0.465 e. The number of esters is 1. The first-order valence-electron chi connectivity index (χ1n) is 7.59. The molecular weight excluding hydrogens is 336 g/mol. The molecule has 1 aromatic heterocycles. The fourth-order valence-corrected chi connectivity index (χ4v) is 3.46. The molecule has 0 spiro atoms. The number of aromatic nitrogens is 1. The molecule has 1 aromatic carbocycles. The Morgan fingerprint density at radius 3 is 2.71 bits per heavy atom. The second-order valence-corrected chi connectivity index (χ2v) is 7.03. The van der Waals surface area contributed by atoms with Gasteiger partial charge in [-0.2, -0.15) is 0 Å². The number of hydrogen-bond donors (Lipinski definition) is 1. The third-order valence-corrected chi connectivity index (χ3v) is 5.10. The lowest BCUT2D eigenvalue weighted by atomic mass is 10.3. The fraction of sp³-hybridized carbons (Fsp3) is 0.467. The molecule has 2 aromatic rings. The molecule has 0 aliphatic heterocycles. The smallest absolute Gasteiger partial charge is 0.420 e. The molecule has 24 heavy (non-hydrogen) atoms. The molecule has 0 amide bonds. The monoisotopic (exact) mass is 356 g/mol. The molecule has 0 aliphatic carbocycles. The van der Waals surface area contributed by atoms with Crippen molar-refractivity contribution < 1.29 is 22.4 Å². The van der Waals surface area contributed by atoms with Crippen molar-refractivity contribution in [1.29, 1.82) is 0 Å². The fourth-order valence-electron chi connectivity index (χ4n) is 2.12. The third-order valence-electron chi connectivity index (χ3n) is 3.51. The highest BCUT2D eigenvalue weighted by atomic mass is 32.2. The van der Waals surface area contributed by atoms with E-state index in [9.17, 15) is 18.0 Å². The van der Waals surface area contributed by atoms with Gasteiger partial charge in [0.1, 0.15) is 6.54 Å². The van der Waals surface area contributed by atoms with Gasteiger partial charge in [-0.25, -0.2) is 17.9 Å². The van der Waals surface area contributed by atoms with E-state index in [1.807, 2.05) is 6.92 Å². The van der Waals surface area contributed by atoms with Crippen LogP contribution in [0.5, 0.6) is 0 Å². The molecule has 0 aliphatic rings. The molecule has 9 heteroatoms. The van der Waals surface area contributed by atoms with E-state index in [-0.39, 0.29) is 29.7 Å². The second kappa shape index (κ2) is 7.18. The Labute approximate surface area is 139 Å². The summed E-state index contributed by atoms with van der Waals surface area (Å²) in [7, 11) is -3.71. The van der Waals surface area contributed by atoms with Gasteiger partial charge in [0.2, 0.25) is 10.0 Å². The van der Waals surface area contributed by atoms with Gasteiger partial charge >= 0.3 is 11.7 Å². The highest BCUT2D eigenvalue weighted by molar-refractivity contribution is 7.89. The van der Waals surface area contributed by atoms with E-state index < -0.39 is 21.7 Å². The Morgan fingerprint density at radius 2 is 2.08 bits per heavy atom. The summed E-state index contributed by atoms with van der Waals surface area (Å²) in [6.45, 7) is 5.19. The lowest BCUT2D eigenvalue weighted by Gasteiger charge is -2.11. The van der Waals surface area contributed by atoms with Gasteiger partial charge in [-0.1, -0.05) is 6.92 Å². The van der Waals surface area contributed by atoms with Crippen molar-refractivity contribution in [1.82, 2.24) is 9.29 Å². The van der Waals surface area contributed by atoms with Crippen LogP contribution in [0.1, 0.15) is 27.2 Å². The average molecular weight is 356 g/mol. The predicted molar refractivity (Wildman–Crippen MR) is 87.2 cm³/mol. The number of nitrogens with zero attached hydrogens (tertiary/aromatic N) is 1. The van der Waals surface area contributed by atoms with Crippen LogP contribution in [0.15, 0.2) is 32.3 Å². The summed E-state index contributed by atoms with van der Waals surface area (Å²) in [5, 5.41) is 0. The standard InChI is InChI=1S/C15H20N2O6S/c1-4-10(3)16-24(20,21)11-6-7-12-13(8-11)23-15(19)17(12)9-14(18)22-5-2/h6-8,10,16H,4-5,9H2,1-3H3. The normalized spacial score (nSPS) is 13.1. The van der Waals surface area contributed by atoms with Crippen LogP contribution >= 0.6 is 0 Å². The number of rotatable bonds is 7. The zero-order valence-corrected chi connectivity index (χ0v) is 14.6. The van der Waals surface area contributed by atoms with E-state index in [0.717, 1.165) is 4.57 Å². The van der Waals surface area contributed by atoms with E-state index in [1.54, 1.807) is 13.8 Å². The van der Waals surface area contributed by atoms with Crippen LogP contribution in [0.2, 0.25) is 0 Å². The third kappa shape index (κ3) is 3.85. The van der Waals surface area contributed by atoms with Crippen molar-refractivity contribution in [2.45, 2.75) is 44.7 Å². The molecule has 8 nitrogen and oxygen atoms in total. The van der Waals surface area contributed by atoms with Crippen LogP contribution in [0.25, 0.3) is 11.1 Å². The minimum atomic E-state index is -3.71. The SMILES string of the molecule is CCOC(=O)Cn1c(=O)oc2cc(S(=O)(=O)NC(C)CC)ccc21. The number of nitrogens with one attached hydrogen (secondary N) is 1. The van der Waals surface area contributed by atoms with Gasteiger partial charge < -0.3 is 9.15 Å². The summed E-state index contributed by atoms with van der Waals surface area (Å²) in [6, 6.07) is 3.85. The van der Waals surface area contributed by atoms with Crippen molar-refractivity contribution in [2.24, 2.45) is 0 Å². The van der Waals surface area contributed by atoms with Gasteiger partial charge in [-0.15, -0.1) is 0 Å². The molecule has 132 valence electrons. The summed E-state index contributed by atoms with van der Waals surface area (Å²) in [5.41, 5.74) is 0.423. The maximum Gasteiger partial charge on any atom is 0.420 e. The summed E-state index contributed by atoms with van der Waals surface area (Å²) < 4.78 is 38.1. The molecule has 2 rings (SSSR count). The summed E-state index contributed by atoms with van der Waals surface area (Å²) in [4.78, 5) is 23.4. The molecule has 0 saturated heterocycles. The zero-order chi connectivity index (χ0) is 17.9. The molecule has 0 bridgehead atoms.